The van der Waals surface area contributed by atoms with Crippen molar-refractivity contribution in [3.63, 3.8) is 0 Å². The minimum atomic E-state index is -0.996. The number of hydrogen-bond acceptors (Lipinski definition) is 13. The van der Waals surface area contributed by atoms with Gasteiger partial charge in [-0.25, -0.2) is 4.79 Å². The van der Waals surface area contributed by atoms with Gasteiger partial charge in [-0.15, -0.1) is 0 Å². The molecule has 7 fully saturated rings. The second-order valence-electron chi connectivity index (χ2n) is 18.7. The first-order chi connectivity index (χ1) is 25.6. The SMILES string of the molecule is C[C@H]1O[C@H](O[C@H]2[C@@H](O)C[C@H](O[C@H]3[C@@H](O)C[C@H](O[C@H]4CC[C@@]5(C)[C@H](CC[C@@H]6[C@@H]5CC[C@]5(C)[C@@H](C7=CC(=O)OC7)CC[C@]65O)C4)O[C@@H]3C)O[C@@H]2C)C[C@H](O)[C@@H]1O. The fourth-order valence-corrected chi connectivity index (χ4v) is 12.8. The molecule has 0 radical (unpaired) electrons. The van der Waals surface area contributed by atoms with Crippen molar-refractivity contribution in [3.8, 4) is 0 Å². The molecule has 8 aliphatic rings. The zero-order valence-corrected chi connectivity index (χ0v) is 32.6. The van der Waals surface area contributed by atoms with Gasteiger partial charge in [0.25, 0.3) is 0 Å². The van der Waals surface area contributed by atoms with Crippen molar-refractivity contribution in [2.24, 2.45) is 34.5 Å². The van der Waals surface area contributed by atoms with Gasteiger partial charge in [-0.1, -0.05) is 13.8 Å². The average Bonchev–Trinajstić information content (AvgIpc) is 3.66. The number of cyclic esters (lactones) is 1. The fourth-order valence-electron chi connectivity index (χ4n) is 12.8. The van der Waals surface area contributed by atoms with Gasteiger partial charge in [-0.3, -0.25) is 0 Å². The third kappa shape index (κ3) is 6.82. The van der Waals surface area contributed by atoms with Gasteiger partial charge in [0.2, 0.25) is 0 Å². The summed E-state index contributed by atoms with van der Waals surface area (Å²) in [6.07, 6.45) is 1.90. The van der Waals surface area contributed by atoms with E-state index in [1.807, 2.05) is 6.92 Å². The van der Waals surface area contributed by atoms with E-state index in [0.717, 1.165) is 63.4 Å². The topological polar surface area (TPSA) is 183 Å². The summed E-state index contributed by atoms with van der Waals surface area (Å²) in [4.78, 5) is 11.9. The lowest BCUT2D eigenvalue weighted by Gasteiger charge is -2.64. The van der Waals surface area contributed by atoms with Crippen LogP contribution in [0.25, 0.3) is 0 Å². The lowest BCUT2D eigenvalue weighted by atomic mass is 9.43. The van der Waals surface area contributed by atoms with Crippen LogP contribution in [0.15, 0.2) is 11.6 Å². The monoisotopic (exact) mass is 764 g/mol. The second-order valence-corrected chi connectivity index (χ2v) is 18.7. The normalized spacial score (nSPS) is 55.0. The highest BCUT2D eigenvalue weighted by atomic mass is 16.7. The zero-order chi connectivity index (χ0) is 38.3. The Bertz CT molecular complexity index is 1370. The summed E-state index contributed by atoms with van der Waals surface area (Å²) in [7, 11) is 0. The predicted molar refractivity (Wildman–Crippen MR) is 191 cm³/mol. The highest BCUT2D eigenvalue weighted by molar-refractivity contribution is 5.85. The van der Waals surface area contributed by atoms with Crippen LogP contribution in [-0.4, -0.2) is 124 Å². The molecule has 4 saturated carbocycles. The smallest absolute Gasteiger partial charge is 0.331 e. The van der Waals surface area contributed by atoms with Crippen LogP contribution < -0.4 is 0 Å². The number of fused-ring (bicyclic) bond motifs is 5. The van der Waals surface area contributed by atoms with Crippen molar-refractivity contribution in [3.05, 3.63) is 11.6 Å². The molecule has 0 bridgehead atoms. The molecule has 8 rings (SSSR count). The first-order valence-electron chi connectivity index (χ1n) is 20.8. The van der Waals surface area contributed by atoms with Gasteiger partial charge in [0, 0.05) is 30.8 Å². The standard InChI is InChI=1S/C41H64O13/c1-20-36(46)29(42)16-34(49-20)53-38-22(3)51-35(18-31(38)44)54-37-21(2)50-33(17-30(37)43)52-25-8-11-39(4)24(15-25)6-7-28-27(39)9-12-40(5)26(10-13-41(28,40)47)23-14-32(45)48-19-23/h14,20-22,24-31,33-38,42-44,46-47H,6-13,15-19H2,1-5H3/t20-,21-,22-,24-,25+,26-,27+,28-,29+,30+,31+,33+,34-,35+,36-,37-,38-,39+,40-,41+/m1/s1. The van der Waals surface area contributed by atoms with Crippen LogP contribution in [0, 0.1) is 34.5 Å². The number of carbonyl (C=O) groups is 1. The number of rotatable bonds is 7. The molecule has 306 valence electrons. The van der Waals surface area contributed by atoms with E-state index in [4.69, 9.17) is 33.2 Å². The minimum Gasteiger partial charge on any atom is -0.458 e. The molecule has 0 unspecified atom stereocenters. The van der Waals surface area contributed by atoms with Crippen molar-refractivity contribution in [2.75, 3.05) is 6.61 Å². The van der Waals surface area contributed by atoms with Crippen LogP contribution in [-0.2, 0) is 38.0 Å². The van der Waals surface area contributed by atoms with Gasteiger partial charge in [0.15, 0.2) is 18.9 Å². The molecular formula is C41H64O13. The maximum Gasteiger partial charge on any atom is 0.331 e. The van der Waals surface area contributed by atoms with Crippen LogP contribution in [0.4, 0.5) is 0 Å². The largest absolute Gasteiger partial charge is 0.458 e. The lowest BCUT2D eigenvalue weighted by Crippen LogP contribution is -2.62. The van der Waals surface area contributed by atoms with Crippen LogP contribution in [0.2, 0.25) is 0 Å². The van der Waals surface area contributed by atoms with Crippen molar-refractivity contribution in [2.45, 2.75) is 197 Å². The second kappa shape index (κ2) is 14.9. The third-order valence-corrected chi connectivity index (χ3v) is 15.9. The number of aliphatic hydroxyl groups is 5. The van der Waals surface area contributed by atoms with Crippen LogP contribution >= 0.6 is 0 Å². The van der Waals surface area contributed by atoms with Gasteiger partial charge >= 0.3 is 5.97 Å². The molecule has 4 aliphatic heterocycles. The highest BCUT2D eigenvalue weighted by Gasteiger charge is 2.68. The summed E-state index contributed by atoms with van der Waals surface area (Å²) in [6.45, 7) is 10.4. The number of carbonyl (C=O) groups excluding carboxylic acids is 1. The molecule has 0 aromatic rings. The molecule has 20 atom stereocenters. The maximum absolute atomic E-state index is 12.6. The number of aliphatic hydroxyl groups excluding tert-OH is 4. The molecule has 3 saturated heterocycles. The Hall–Kier alpha value is -1.23. The van der Waals surface area contributed by atoms with E-state index in [1.54, 1.807) is 19.9 Å². The van der Waals surface area contributed by atoms with Gasteiger partial charge < -0.3 is 58.7 Å². The van der Waals surface area contributed by atoms with Gasteiger partial charge in [0.05, 0.1) is 48.3 Å². The molecule has 0 spiro atoms. The first kappa shape index (κ1) is 39.6. The summed E-state index contributed by atoms with van der Waals surface area (Å²) in [5, 5.41) is 55.0. The van der Waals surface area contributed by atoms with Crippen LogP contribution in [0.3, 0.4) is 0 Å². The fraction of sp³-hybridized carbons (Fsp3) is 0.927. The molecule has 0 amide bonds. The Balaban J connectivity index is 0.826. The molecule has 13 heteroatoms. The van der Waals surface area contributed by atoms with Crippen molar-refractivity contribution >= 4 is 5.97 Å². The molecule has 0 aromatic carbocycles. The van der Waals surface area contributed by atoms with Gasteiger partial charge in [-0.05, 0) is 113 Å². The van der Waals surface area contributed by atoms with E-state index in [9.17, 15) is 30.3 Å². The molecule has 13 nitrogen and oxygen atoms in total. The van der Waals surface area contributed by atoms with Crippen molar-refractivity contribution < 1.29 is 63.5 Å². The third-order valence-electron chi connectivity index (χ3n) is 15.9. The molecule has 0 aromatic heterocycles. The number of hydrogen-bond donors (Lipinski definition) is 5. The number of ether oxygens (including phenoxy) is 7. The highest BCUT2D eigenvalue weighted by Crippen LogP contribution is 2.70. The summed E-state index contributed by atoms with van der Waals surface area (Å²) >= 11 is 0. The zero-order valence-electron chi connectivity index (χ0n) is 32.6. The summed E-state index contributed by atoms with van der Waals surface area (Å²) in [5.41, 5.74) is 0.215. The molecule has 5 N–H and O–H groups in total. The Labute approximate surface area is 319 Å². The van der Waals surface area contributed by atoms with Gasteiger partial charge in [-0.2, -0.15) is 0 Å². The minimum absolute atomic E-state index is 0.0243. The molecule has 54 heavy (non-hydrogen) atoms. The summed E-state index contributed by atoms with van der Waals surface area (Å²) < 4.78 is 42.2. The van der Waals surface area contributed by atoms with Crippen molar-refractivity contribution in [1.82, 2.24) is 0 Å². The predicted octanol–water partition coefficient (Wildman–Crippen LogP) is 3.25. The molecule has 4 heterocycles. The van der Waals surface area contributed by atoms with E-state index in [0.29, 0.717) is 18.4 Å². The molecule has 4 aliphatic carbocycles. The van der Waals surface area contributed by atoms with E-state index in [1.165, 1.54) is 0 Å². The summed E-state index contributed by atoms with van der Waals surface area (Å²) in [6, 6.07) is 0. The Morgan fingerprint density at radius 1 is 0.685 bits per heavy atom. The van der Waals surface area contributed by atoms with E-state index in [-0.39, 0.29) is 54.0 Å². The van der Waals surface area contributed by atoms with E-state index in [2.05, 4.69) is 13.8 Å². The molecular weight excluding hydrogens is 700 g/mol. The Kier molecular flexibility index (Phi) is 10.9. The van der Waals surface area contributed by atoms with Crippen LogP contribution in [0.5, 0.6) is 0 Å². The Morgan fingerprint density at radius 2 is 1.30 bits per heavy atom. The Morgan fingerprint density at radius 3 is 1.89 bits per heavy atom. The quantitative estimate of drug-likeness (QED) is 0.188. The van der Waals surface area contributed by atoms with Gasteiger partial charge in [0.1, 0.15) is 24.9 Å². The van der Waals surface area contributed by atoms with E-state index < -0.39 is 79.4 Å². The summed E-state index contributed by atoms with van der Waals surface area (Å²) in [5.74, 6) is 1.13. The van der Waals surface area contributed by atoms with E-state index >= 15 is 0 Å². The number of esters is 1. The lowest BCUT2D eigenvalue weighted by molar-refractivity contribution is -0.336. The van der Waals surface area contributed by atoms with Crippen molar-refractivity contribution in [1.29, 1.82) is 0 Å². The maximum atomic E-state index is 12.6. The first-order valence-corrected chi connectivity index (χ1v) is 20.8. The average molecular weight is 765 g/mol. The van der Waals surface area contributed by atoms with Crippen LogP contribution in [0.1, 0.15) is 112 Å².